The summed E-state index contributed by atoms with van der Waals surface area (Å²) in [6.45, 7) is 2.05. The summed E-state index contributed by atoms with van der Waals surface area (Å²) in [5.74, 6) is 0.890. The summed E-state index contributed by atoms with van der Waals surface area (Å²) in [5, 5.41) is 0. The van der Waals surface area contributed by atoms with E-state index in [-0.39, 0.29) is 0 Å². The van der Waals surface area contributed by atoms with Crippen molar-refractivity contribution in [1.29, 1.82) is 0 Å². The predicted molar refractivity (Wildman–Crippen MR) is 57.5 cm³/mol. The molecule has 2 nitrogen and oxygen atoms in total. The fourth-order valence-corrected chi connectivity index (χ4v) is 1.46. The van der Waals surface area contributed by atoms with Gasteiger partial charge in [-0.05, 0) is 36.2 Å². The topological polar surface area (TPSA) is 25.0 Å². The summed E-state index contributed by atoms with van der Waals surface area (Å²) in [6.07, 6.45) is 2.01. The number of aryl methyl sites for hydroxylation is 1. The third kappa shape index (κ3) is 1.64. The Morgan fingerprint density at radius 2 is 1.79 bits per heavy atom. The molecule has 0 aliphatic heterocycles. The lowest BCUT2D eigenvalue weighted by Gasteiger charge is -2.00. The Morgan fingerprint density at radius 3 is 2.29 bits per heavy atom. The lowest BCUT2D eigenvalue weighted by Crippen LogP contribution is -1.81. The van der Waals surface area contributed by atoms with Crippen LogP contribution in [0, 0.1) is 6.92 Å². The first-order valence-corrected chi connectivity index (χ1v) is 4.59. The molecule has 0 saturated carbocycles. The Morgan fingerprint density at radius 1 is 1.07 bits per heavy atom. The van der Waals surface area contributed by atoms with E-state index in [2.05, 4.69) is 23.2 Å². The van der Waals surface area contributed by atoms with Gasteiger partial charge in [-0.2, -0.15) is 0 Å². The molecule has 1 heterocycles. The van der Waals surface area contributed by atoms with Crippen LogP contribution in [0.3, 0.4) is 0 Å². The fourth-order valence-electron chi connectivity index (χ4n) is 1.46. The van der Waals surface area contributed by atoms with E-state index in [1.54, 1.807) is 7.11 Å². The van der Waals surface area contributed by atoms with Gasteiger partial charge in [0, 0.05) is 11.9 Å². The van der Waals surface area contributed by atoms with Gasteiger partial charge < -0.3 is 9.72 Å². The van der Waals surface area contributed by atoms with Crippen LogP contribution in [0.4, 0.5) is 0 Å². The lowest BCUT2D eigenvalue weighted by atomic mass is 10.1. The van der Waals surface area contributed by atoms with Gasteiger partial charge in [-0.1, -0.05) is 12.1 Å². The van der Waals surface area contributed by atoms with Crippen molar-refractivity contribution in [1.82, 2.24) is 4.98 Å². The molecule has 0 saturated heterocycles. The SMILES string of the molecule is COc1ccc(-c2c[nH]c(C)c2)cc1. The molecule has 2 rings (SSSR count). The normalized spacial score (nSPS) is 10.1. The highest BCUT2D eigenvalue weighted by Gasteiger charge is 1.99. The molecule has 72 valence electrons. The molecule has 2 heteroatoms. The van der Waals surface area contributed by atoms with Crippen molar-refractivity contribution < 1.29 is 4.74 Å². The smallest absolute Gasteiger partial charge is 0.118 e. The molecule has 1 aromatic heterocycles. The molecule has 0 fully saturated rings. The predicted octanol–water partition coefficient (Wildman–Crippen LogP) is 3.00. The van der Waals surface area contributed by atoms with E-state index in [9.17, 15) is 0 Å². The van der Waals surface area contributed by atoms with E-state index in [1.165, 1.54) is 16.8 Å². The quantitative estimate of drug-likeness (QED) is 0.768. The lowest BCUT2D eigenvalue weighted by molar-refractivity contribution is 0.415. The molecule has 0 spiro atoms. The first-order valence-electron chi connectivity index (χ1n) is 4.59. The number of aromatic nitrogens is 1. The highest BCUT2D eigenvalue weighted by molar-refractivity contribution is 5.64. The van der Waals surface area contributed by atoms with E-state index in [0.29, 0.717) is 0 Å². The van der Waals surface area contributed by atoms with E-state index in [4.69, 9.17) is 4.74 Å². The van der Waals surface area contributed by atoms with Crippen LogP contribution in [-0.2, 0) is 0 Å². The highest BCUT2D eigenvalue weighted by atomic mass is 16.5. The standard InChI is InChI=1S/C12H13NO/c1-9-7-11(8-13-9)10-3-5-12(14-2)6-4-10/h3-8,13H,1-2H3. The van der Waals surface area contributed by atoms with E-state index < -0.39 is 0 Å². The maximum atomic E-state index is 5.10. The Balaban J connectivity index is 2.33. The van der Waals surface area contributed by atoms with Gasteiger partial charge in [-0.3, -0.25) is 0 Å². The zero-order valence-electron chi connectivity index (χ0n) is 8.37. The number of rotatable bonds is 2. The first kappa shape index (κ1) is 8.88. The maximum absolute atomic E-state index is 5.10. The van der Waals surface area contributed by atoms with Gasteiger partial charge >= 0.3 is 0 Å². The van der Waals surface area contributed by atoms with Crippen LogP contribution < -0.4 is 4.74 Å². The van der Waals surface area contributed by atoms with Crippen LogP contribution >= 0.6 is 0 Å². The minimum absolute atomic E-state index is 0.890. The summed E-state index contributed by atoms with van der Waals surface area (Å²) in [6, 6.07) is 10.2. The van der Waals surface area contributed by atoms with Gasteiger partial charge in [0.1, 0.15) is 5.75 Å². The van der Waals surface area contributed by atoms with Crippen molar-refractivity contribution in [2.45, 2.75) is 6.92 Å². The first-order chi connectivity index (χ1) is 6.79. The van der Waals surface area contributed by atoms with E-state index in [0.717, 1.165) is 5.75 Å². The summed E-state index contributed by atoms with van der Waals surface area (Å²) >= 11 is 0. The zero-order valence-corrected chi connectivity index (χ0v) is 8.37. The number of methoxy groups -OCH3 is 1. The summed E-state index contributed by atoms with van der Waals surface area (Å²) < 4.78 is 5.10. The molecule has 0 aliphatic rings. The van der Waals surface area contributed by atoms with Gasteiger partial charge in [-0.25, -0.2) is 0 Å². The fraction of sp³-hybridized carbons (Fsp3) is 0.167. The third-order valence-corrected chi connectivity index (χ3v) is 2.25. The van der Waals surface area contributed by atoms with Crippen molar-refractivity contribution in [3.63, 3.8) is 0 Å². The van der Waals surface area contributed by atoms with Crippen LogP contribution in [-0.4, -0.2) is 12.1 Å². The molecule has 2 aromatic rings. The number of aromatic amines is 1. The number of hydrogen-bond acceptors (Lipinski definition) is 1. The van der Waals surface area contributed by atoms with Gasteiger partial charge in [0.2, 0.25) is 0 Å². The van der Waals surface area contributed by atoms with Gasteiger partial charge in [0.05, 0.1) is 7.11 Å². The monoisotopic (exact) mass is 187 g/mol. The van der Waals surface area contributed by atoms with Crippen LogP contribution in [0.5, 0.6) is 5.75 Å². The zero-order chi connectivity index (χ0) is 9.97. The average Bonchev–Trinajstić information content (AvgIpc) is 2.65. The average molecular weight is 187 g/mol. The molecule has 0 unspecified atom stereocenters. The Bertz CT molecular complexity index is 414. The molecular weight excluding hydrogens is 174 g/mol. The van der Waals surface area contributed by atoms with Crippen molar-refractivity contribution >= 4 is 0 Å². The summed E-state index contributed by atoms with van der Waals surface area (Å²) in [7, 11) is 1.68. The third-order valence-electron chi connectivity index (χ3n) is 2.25. The molecule has 0 radical (unpaired) electrons. The molecule has 14 heavy (non-hydrogen) atoms. The van der Waals surface area contributed by atoms with Crippen LogP contribution in [0.15, 0.2) is 36.5 Å². The molecule has 0 atom stereocenters. The van der Waals surface area contributed by atoms with E-state index in [1.807, 2.05) is 25.3 Å². The molecule has 0 aliphatic carbocycles. The van der Waals surface area contributed by atoms with Crippen LogP contribution in [0.1, 0.15) is 5.69 Å². The number of hydrogen-bond donors (Lipinski definition) is 1. The Hall–Kier alpha value is -1.70. The van der Waals surface area contributed by atoms with E-state index >= 15 is 0 Å². The molecule has 1 aromatic carbocycles. The van der Waals surface area contributed by atoms with Crippen molar-refractivity contribution in [2.24, 2.45) is 0 Å². The number of H-pyrrole nitrogens is 1. The second-order valence-electron chi connectivity index (χ2n) is 3.30. The van der Waals surface area contributed by atoms with Crippen molar-refractivity contribution in [3.8, 4) is 16.9 Å². The maximum Gasteiger partial charge on any atom is 0.118 e. The second kappa shape index (κ2) is 3.58. The minimum atomic E-state index is 0.890. The highest BCUT2D eigenvalue weighted by Crippen LogP contribution is 2.22. The number of ether oxygens (including phenoxy) is 1. The molecule has 0 bridgehead atoms. The Kier molecular flexibility index (Phi) is 2.27. The van der Waals surface area contributed by atoms with Gasteiger partial charge in [0.15, 0.2) is 0 Å². The van der Waals surface area contributed by atoms with Crippen molar-refractivity contribution in [3.05, 3.63) is 42.2 Å². The largest absolute Gasteiger partial charge is 0.497 e. The van der Waals surface area contributed by atoms with Crippen LogP contribution in [0.2, 0.25) is 0 Å². The summed E-state index contributed by atoms with van der Waals surface area (Å²) in [4.78, 5) is 3.16. The minimum Gasteiger partial charge on any atom is -0.497 e. The number of nitrogens with one attached hydrogen (secondary N) is 1. The Labute approximate surface area is 83.5 Å². The molecule has 1 N–H and O–H groups in total. The van der Waals surface area contributed by atoms with Crippen molar-refractivity contribution in [2.75, 3.05) is 7.11 Å². The van der Waals surface area contributed by atoms with Gasteiger partial charge in [0.25, 0.3) is 0 Å². The van der Waals surface area contributed by atoms with Crippen LogP contribution in [0.25, 0.3) is 11.1 Å². The molecular formula is C12H13NO. The second-order valence-corrected chi connectivity index (χ2v) is 3.30. The van der Waals surface area contributed by atoms with Gasteiger partial charge in [-0.15, -0.1) is 0 Å². The summed E-state index contributed by atoms with van der Waals surface area (Å²) in [5.41, 5.74) is 3.59. The number of benzene rings is 1. The molecule has 0 amide bonds.